The van der Waals surface area contributed by atoms with Crippen LogP contribution in [0.2, 0.25) is 0 Å². The van der Waals surface area contributed by atoms with Crippen molar-refractivity contribution in [3.8, 4) is 0 Å². The highest BCUT2D eigenvalue weighted by Crippen LogP contribution is 2.19. The van der Waals surface area contributed by atoms with Crippen molar-refractivity contribution in [3.63, 3.8) is 0 Å². The van der Waals surface area contributed by atoms with Gasteiger partial charge in [0.25, 0.3) is 5.56 Å². The number of ether oxygens (including phenoxy) is 1. The van der Waals surface area contributed by atoms with Gasteiger partial charge in [0.1, 0.15) is 5.69 Å². The van der Waals surface area contributed by atoms with Crippen molar-refractivity contribution < 1.29 is 14.3 Å². The van der Waals surface area contributed by atoms with Crippen LogP contribution in [0.4, 0.5) is 0 Å². The topological polar surface area (TPSA) is 98.2 Å². The quantitative estimate of drug-likeness (QED) is 0.475. The monoisotopic (exact) mass is 370 g/mol. The lowest BCUT2D eigenvalue weighted by Crippen LogP contribution is -2.41. The van der Waals surface area contributed by atoms with Crippen LogP contribution in [0.5, 0.6) is 0 Å². The second kappa shape index (κ2) is 7.99. The Morgan fingerprint density at radius 3 is 2.30 bits per heavy atom. The number of benzene rings is 1. The average Bonchev–Trinajstić information content (AvgIpc) is 2.61. The van der Waals surface area contributed by atoms with E-state index in [1.807, 2.05) is 19.9 Å². The van der Waals surface area contributed by atoms with E-state index in [1.165, 1.54) is 13.2 Å². The third kappa shape index (κ3) is 3.81. The van der Waals surface area contributed by atoms with Crippen LogP contribution in [0.15, 0.2) is 40.4 Å². The Hall–Kier alpha value is -3.22. The summed E-state index contributed by atoms with van der Waals surface area (Å²) in [6, 6.07) is 4.01. The molecule has 0 aliphatic carbocycles. The van der Waals surface area contributed by atoms with Crippen molar-refractivity contribution in [1.29, 1.82) is 0 Å². The maximum Gasteiger partial charge on any atom is 0.333 e. The summed E-state index contributed by atoms with van der Waals surface area (Å²) >= 11 is 0. The summed E-state index contributed by atoms with van der Waals surface area (Å²) in [5.41, 5.74) is 0.515. The van der Waals surface area contributed by atoms with E-state index < -0.39 is 29.0 Å². The first-order valence-electron chi connectivity index (χ1n) is 8.46. The van der Waals surface area contributed by atoms with Crippen LogP contribution in [0.3, 0.4) is 0 Å². The number of hydrogen-bond acceptors (Lipinski definition) is 5. The van der Waals surface area contributed by atoms with Crippen LogP contribution in [0.1, 0.15) is 45.7 Å². The van der Waals surface area contributed by atoms with Gasteiger partial charge in [-0.05, 0) is 32.4 Å². The molecule has 0 aliphatic heterocycles. The fourth-order valence-corrected chi connectivity index (χ4v) is 3.10. The Balaban J connectivity index is 2.89. The molecule has 0 spiro atoms. The molecular weight excluding hydrogens is 348 g/mol. The van der Waals surface area contributed by atoms with Gasteiger partial charge >= 0.3 is 11.7 Å². The largest absolute Gasteiger partial charge is 0.467 e. The van der Waals surface area contributed by atoms with E-state index in [4.69, 9.17) is 4.74 Å². The average molecular weight is 370 g/mol. The minimum Gasteiger partial charge on any atom is -0.467 e. The van der Waals surface area contributed by atoms with Crippen molar-refractivity contribution in [2.45, 2.75) is 33.2 Å². The normalized spacial score (nSPS) is 11.7. The number of rotatable bonds is 6. The summed E-state index contributed by atoms with van der Waals surface area (Å²) in [6.45, 7) is 8.94. The minimum absolute atomic E-state index is 0.120. The molecule has 0 saturated heterocycles. The molecule has 0 aliphatic rings. The van der Waals surface area contributed by atoms with E-state index in [0.29, 0.717) is 5.56 Å². The SMILES string of the molecule is C=CC(C(=O)OC)n1c(C(=O)c2cc(C)cc(C)c2)c(CC)c(=O)[nH]c1=O. The molecular formula is C20H22N2O5. The number of nitrogens with zero attached hydrogens (tertiary/aromatic N) is 1. The lowest BCUT2D eigenvalue weighted by molar-refractivity contribution is -0.143. The van der Waals surface area contributed by atoms with Gasteiger partial charge in [-0.3, -0.25) is 19.1 Å². The van der Waals surface area contributed by atoms with Crippen molar-refractivity contribution in [2.24, 2.45) is 0 Å². The molecule has 7 nitrogen and oxygen atoms in total. The predicted octanol–water partition coefficient (Wildman–Crippen LogP) is 1.85. The highest BCUT2D eigenvalue weighted by Gasteiger charge is 2.29. The van der Waals surface area contributed by atoms with Crippen molar-refractivity contribution in [1.82, 2.24) is 9.55 Å². The standard InChI is InChI=1S/C20H22N2O5/c1-6-14-16(17(23)13-9-11(3)8-12(4)10-13)22(20(26)21-18(14)24)15(7-2)19(25)27-5/h7-10,15H,2,6H2,1,3-5H3,(H,21,24,26). The van der Waals surface area contributed by atoms with Crippen molar-refractivity contribution in [2.75, 3.05) is 7.11 Å². The summed E-state index contributed by atoms with van der Waals surface area (Å²) < 4.78 is 5.67. The van der Waals surface area contributed by atoms with E-state index in [-0.39, 0.29) is 17.7 Å². The molecule has 0 saturated carbocycles. The summed E-state index contributed by atoms with van der Waals surface area (Å²) in [5, 5.41) is 0. The molecule has 1 heterocycles. The number of carbonyl (C=O) groups excluding carboxylic acids is 2. The molecule has 142 valence electrons. The van der Waals surface area contributed by atoms with Crippen molar-refractivity contribution >= 4 is 11.8 Å². The van der Waals surface area contributed by atoms with Crippen LogP contribution >= 0.6 is 0 Å². The maximum absolute atomic E-state index is 13.3. The van der Waals surface area contributed by atoms with Crippen LogP contribution in [0.25, 0.3) is 0 Å². The highest BCUT2D eigenvalue weighted by molar-refractivity contribution is 6.09. The number of aryl methyl sites for hydroxylation is 2. The van der Waals surface area contributed by atoms with Gasteiger partial charge in [0.2, 0.25) is 5.78 Å². The van der Waals surface area contributed by atoms with E-state index in [9.17, 15) is 19.2 Å². The second-order valence-electron chi connectivity index (χ2n) is 6.22. The highest BCUT2D eigenvalue weighted by atomic mass is 16.5. The molecule has 0 bridgehead atoms. The van der Waals surface area contributed by atoms with E-state index in [0.717, 1.165) is 15.7 Å². The molecule has 2 aromatic rings. The number of H-pyrrole nitrogens is 1. The van der Waals surface area contributed by atoms with Gasteiger partial charge in [0.05, 0.1) is 7.11 Å². The van der Waals surface area contributed by atoms with Gasteiger partial charge in [-0.25, -0.2) is 9.59 Å². The Morgan fingerprint density at radius 1 is 1.22 bits per heavy atom. The van der Waals surface area contributed by atoms with Crippen molar-refractivity contribution in [3.05, 3.63) is 79.6 Å². The Morgan fingerprint density at radius 2 is 1.81 bits per heavy atom. The van der Waals surface area contributed by atoms with E-state index in [1.54, 1.807) is 19.1 Å². The lowest BCUT2D eigenvalue weighted by atomic mass is 9.98. The summed E-state index contributed by atoms with van der Waals surface area (Å²) in [6.07, 6.45) is 1.40. The molecule has 0 radical (unpaired) electrons. The Labute approximate surface area is 156 Å². The number of hydrogen-bond donors (Lipinski definition) is 1. The van der Waals surface area contributed by atoms with Gasteiger partial charge < -0.3 is 4.74 Å². The van der Waals surface area contributed by atoms with Gasteiger partial charge in [-0.1, -0.05) is 30.2 Å². The molecule has 0 amide bonds. The molecule has 1 atom stereocenters. The van der Waals surface area contributed by atoms with Gasteiger partial charge in [0.15, 0.2) is 6.04 Å². The predicted molar refractivity (Wildman–Crippen MR) is 101 cm³/mol. The molecule has 27 heavy (non-hydrogen) atoms. The number of carbonyl (C=O) groups is 2. The molecule has 2 rings (SSSR count). The molecule has 1 aromatic heterocycles. The lowest BCUT2D eigenvalue weighted by Gasteiger charge is -2.19. The van der Waals surface area contributed by atoms with Crippen LogP contribution in [0, 0.1) is 13.8 Å². The molecule has 1 aromatic carbocycles. The molecule has 1 N–H and O–H groups in total. The Bertz CT molecular complexity index is 1010. The van der Waals surface area contributed by atoms with Crippen LogP contribution in [-0.2, 0) is 16.0 Å². The molecule has 7 heteroatoms. The zero-order valence-electron chi connectivity index (χ0n) is 15.8. The minimum atomic E-state index is -1.24. The maximum atomic E-state index is 13.3. The summed E-state index contributed by atoms with van der Waals surface area (Å²) in [4.78, 5) is 52.4. The number of esters is 1. The number of methoxy groups -OCH3 is 1. The number of aromatic amines is 1. The first kappa shape index (κ1) is 20.1. The second-order valence-corrected chi connectivity index (χ2v) is 6.22. The zero-order valence-corrected chi connectivity index (χ0v) is 15.8. The van der Waals surface area contributed by atoms with E-state index >= 15 is 0 Å². The summed E-state index contributed by atoms with van der Waals surface area (Å²) in [7, 11) is 1.17. The summed E-state index contributed by atoms with van der Waals surface area (Å²) in [5.74, 6) is -1.28. The number of aromatic nitrogens is 2. The zero-order chi connectivity index (χ0) is 20.3. The number of ketones is 1. The van der Waals surface area contributed by atoms with Gasteiger partial charge in [-0.2, -0.15) is 0 Å². The fourth-order valence-electron chi connectivity index (χ4n) is 3.10. The van der Waals surface area contributed by atoms with Crippen LogP contribution < -0.4 is 11.2 Å². The number of nitrogens with one attached hydrogen (secondary N) is 1. The van der Waals surface area contributed by atoms with E-state index in [2.05, 4.69) is 11.6 Å². The first-order valence-corrected chi connectivity index (χ1v) is 8.46. The fraction of sp³-hybridized carbons (Fsp3) is 0.300. The smallest absolute Gasteiger partial charge is 0.333 e. The third-order valence-corrected chi connectivity index (χ3v) is 4.24. The van der Waals surface area contributed by atoms with Gasteiger partial charge in [0, 0.05) is 11.1 Å². The van der Waals surface area contributed by atoms with Gasteiger partial charge in [-0.15, -0.1) is 6.58 Å². The molecule has 0 fully saturated rings. The Kier molecular flexibility index (Phi) is 5.95. The molecule has 1 unspecified atom stereocenters. The van der Waals surface area contributed by atoms with Crippen LogP contribution in [-0.4, -0.2) is 28.4 Å². The third-order valence-electron chi connectivity index (χ3n) is 4.24. The first-order chi connectivity index (χ1) is 12.7.